The number of hydrogen-bond acceptors (Lipinski definition) is 1. The third kappa shape index (κ3) is 3.19. The number of rotatable bonds is 3. The van der Waals surface area contributed by atoms with Gasteiger partial charge in [0.05, 0.1) is 6.04 Å². The van der Waals surface area contributed by atoms with Gasteiger partial charge in [-0.1, -0.05) is 31.4 Å². The molecule has 0 spiro atoms. The topological polar surface area (TPSA) is 20.3 Å². The predicted molar refractivity (Wildman–Crippen MR) is 79.9 cm³/mol. The minimum Gasteiger partial charge on any atom is -0.311 e. The molecule has 1 aliphatic carbocycles. The van der Waals surface area contributed by atoms with Crippen molar-refractivity contribution in [2.75, 3.05) is 0 Å². The van der Waals surface area contributed by atoms with E-state index in [2.05, 4.69) is 0 Å². The zero-order valence-electron chi connectivity index (χ0n) is 13.1. The van der Waals surface area contributed by atoms with Gasteiger partial charge in [0.2, 0.25) is 5.91 Å². The number of halogens is 2. The van der Waals surface area contributed by atoms with Crippen LogP contribution >= 0.6 is 0 Å². The van der Waals surface area contributed by atoms with Gasteiger partial charge < -0.3 is 4.90 Å². The second kappa shape index (κ2) is 5.90. The second-order valence-corrected chi connectivity index (χ2v) is 6.84. The zero-order valence-corrected chi connectivity index (χ0v) is 13.1. The van der Waals surface area contributed by atoms with Crippen molar-refractivity contribution in [2.45, 2.75) is 64.8 Å². The summed E-state index contributed by atoms with van der Waals surface area (Å²) in [5, 5.41) is 0. The van der Waals surface area contributed by atoms with E-state index in [1.165, 1.54) is 25.2 Å². The average Bonchev–Trinajstić information content (AvgIpc) is 2.46. The van der Waals surface area contributed by atoms with Crippen LogP contribution in [0.1, 0.15) is 52.9 Å². The number of hydrogen-bond donors (Lipinski definition) is 0. The van der Waals surface area contributed by atoms with Gasteiger partial charge in [0.1, 0.15) is 5.41 Å². The lowest BCUT2D eigenvalue weighted by Gasteiger charge is -2.41. The van der Waals surface area contributed by atoms with Crippen molar-refractivity contribution >= 4 is 5.91 Å². The van der Waals surface area contributed by atoms with Crippen LogP contribution in [0.15, 0.2) is 24.4 Å². The van der Waals surface area contributed by atoms with Gasteiger partial charge in [0, 0.05) is 13.1 Å². The molecule has 4 heteroatoms. The maximum absolute atomic E-state index is 13.8. The van der Waals surface area contributed by atoms with Crippen LogP contribution in [0.25, 0.3) is 0 Å². The molecule has 1 amide bonds. The number of amides is 1. The van der Waals surface area contributed by atoms with Crippen LogP contribution in [0.5, 0.6) is 0 Å². The molecule has 1 heterocycles. The summed E-state index contributed by atoms with van der Waals surface area (Å²) in [7, 11) is 0. The molecule has 1 saturated carbocycles. The van der Waals surface area contributed by atoms with Crippen molar-refractivity contribution in [1.29, 1.82) is 0 Å². The van der Waals surface area contributed by atoms with Crippen molar-refractivity contribution < 1.29 is 13.6 Å². The number of allylic oxidation sites excluding steroid dienone is 2. The normalized spacial score (nSPS) is 24.4. The van der Waals surface area contributed by atoms with Crippen LogP contribution in [0.4, 0.5) is 8.78 Å². The molecule has 21 heavy (non-hydrogen) atoms. The van der Waals surface area contributed by atoms with Crippen LogP contribution in [0.2, 0.25) is 0 Å². The molecule has 2 nitrogen and oxygen atoms in total. The average molecular weight is 297 g/mol. The Morgan fingerprint density at radius 3 is 2.29 bits per heavy atom. The minimum atomic E-state index is -3.05. The molecule has 2 aliphatic rings. The van der Waals surface area contributed by atoms with Gasteiger partial charge in [-0.15, -0.1) is 0 Å². The van der Waals surface area contributed by atoms with Crippen LogP contribution in [0, 0.1) is 11.3 Å². The number of nitrogens with zero attached hydrogens (tertiary/aromatic N) is 1. The molecule has 1 fully saturated rings. The quantitative estimate of drug-likeness (QED) is 0.749. The van der Waals surface area contributed by atoms with Gasteiger partial charge >= 0.3 is 0 Å². The first kappa shape index (κ1) is 16.2. The van der Waals surface area contributed by atoms with Crippen LogP contribution in [0.3, 0.4) is 0 Å². The Balaban J connectivity index is 2.21. The molecule has 0 aromatic rings. The molecule has 0 radical (unpaired) electrons. The highest BCUT2D eigenvalue weighted by molar-refractivity contribution is 5.84. The smallest absolute Gasteiger partial charge is 0.259 e. The van der Waals surface area contributed by atoms with E-state index in [1.54, 1.807) is 12.3 Å². The molecular formula is C17H25F2NO. The first-order valence-electron chi connectivity index (χ1n) is 7.81. The Kier molecular flexibility index (Phi) is 4.54. The summed E-state index contributed by atoms with van der Waals surface area (Å²) in [5.74, 6) is -3.16. The van der Waals surface area contributed by atoms with Crippen molar-refractivity contribution in [1.82, 2.24) is 4.90 Å². The number of alkyl halides is 2. The van der Waals surface area contributed by atoms with Crippen molar-refractivity contribution in [3.05, 3.63) is 24.4 Å². The van der Waals surface area contributed by atoms with E-state index >= 15 is 0 Å². The maximum atomic E-state index is 13.8. The van der Waals surface area contributed by atoms with Crippen molar-refractivity contribution in [3.63, 3.8) is 0 Å². The monoisotopic (exact) mass is 297 g/mol. The van der Waals surface area contributed by atoms with Gasteiger partial charge in [0.15, 0.2) is 0 Å². The van der Waals surface area contributed by atoms with E-state index in [-0.39, 0.29) is 6.04 Å². The maximum Gasteiger partial charge on any atom is 0.259 e. The summed E-state index contributed by atoms with van der Waals surface area (Å²) in [4.78, 5) is 14.2. The molecule has 118 valence electrons. The van der Waals surface area contributed by atoms with Gasteiger partial charge in [-0.2, -0.15) is 0 Å². The summed E-state index contributed by atoms with van der Waals surface area (Å²) in [6.45, 7) is 3.49. The van der Waals surface area contributed by atoms with E-state index < -0.39 is 17.2 Å². The fourth-order valence-electron chi connectivity index (χ4n) is 3.09. The lowest BCUT2D eigenvalue weighted by atomic mass is 9.80. The largest absolute Gasteiger partial charge is 0.311 e. The fourth-order valence-corrected chi connectivity index (χ4v) is 3.09. The zero-order chi connectivity index (χ0) is 15.7. The van der Waals surface area contributed by atoms with Crippen LogP contribution < -0.4 is 0 Å². The first-order valence-corrected chi connectivity index (χ1v) is 7.81. The van der Waals surface area contributed by atoms with Crippen LogP contribution in [-0.2, 0) is 4.79 Å². The summed E-state index contributed by atoms with van der Waals surface area (Å²) in [6, 6.07) is -0.0792. The summed E-state index contributed by atoms with van der Waals surface area (Å²) in [5.41, 5.74) is -1.70. The van der Waals surface area contributed by atoms with Crippen molar-refractivity contribution in [2.24, 2.45) is 11.3 Å². The van der Waals surface area contributed by atoms with E-state index in [1.807, 2.05) is 12.2 Å². The molecule has 0 bridgehead atoms. The second-order valence-electron chi connectivity index (χ2n) is 6.84. The Morgan fingerprint density at radius 2 is 1.71 bits per heavy atom. The fraction of sp³-hybridized carbons (Fsp3) is 0.706. The summed E-state index contributed by atoms with van der Waals surface area (Å²) in [6.07, 6.45) is 13.0. The minimum absolute atomic E-state index is 0.0792. The Labute approximate surface area is 125 Å². The Bertz CT molecular complexity index is 442. The standard InChI is InChI=1S/C17H25F2NO/c1-16(2,17(3,18)19)15(21)20-12-8-7-11-14(20)13-9-5-4-6-10-13/h7-8,11-14H,4-6,9-10H2,1-3H3/t14-/m0/s1. The van der Waals surface area contributed by atoms with E-state index in [4.69, 9.17) is 0 Å². The van der Waals surface area contributed by atoms with Crippen LogP contribution in [-0.4, -0.2) is 22.8 Å². The van der Waals surface area contributed by atoms with Gasteiger partial charge in [0.25, 0.3) is 5.92 Å². The predicted octanol–water partition coefficient (Wildman–Crippen LogP) is 4.53. The molecule has 0 saturated heterocycles. The summed E-state index contributed by atoms with van der Waals surface area (Å²) >= 11 is 0. The molecule has 1 atom stereocenters. The lowest BCUT2D eigenvalue weighted by Crippen LogP contribution is -2.52. The van der Waals surface area contributed by atoms with E-state index in [0.29, 0.717) is 5.92 Å². The molecule has 1 aliphatic heterocycles. The van der Waals surface area contributed by atoms with Gasteiger partial charge in [-0.05, 0) is 38.7 Å². The van der Waals surface area contributed by atoms with E-state index in [9.17, 15) is 13.6 Å². The molecule has 2 rings (SSSR count). The van der Waals surface area contributed by atoms with Gasteiger partial charge in [-0.3, -0.25) is 4.79 Å². The number of carbonyl (C=O) groups is 1. The number of carbonyl (C=O) groups excluding carboxylic acids is 1. The molecular weight excluding hydrogens is 272 g/mol. The molecule has 0 unspecified atom stereocenters. The van der Waals surface area contributed by atoms with Crippen molar-refractivity contribution in [3.8, 4) is 0 Å². The highest BCUT2D eigenvalue weighted by atomic mass is 19.3. The first-order chi connectivity index (χ1) is 9.75. The third-order valence-electron chi connectivity index (χ3n) is 4.99. The van der Waals surface area contributed by atoms with E-state index in [0.717, 1.165) is 32.6 Å². The highest BCUT2D eigenvalue weighted by Crippen LogP contribution is 2.40. The van der Waals surface area contributed by atoms with Gasteiger partial charge in [-0.25, -0.2) is 8.78 Å². The molecule has 0 aromatic carbocycles. The molecule has 0 aromatic heterocycles. The lowest BCUT2D eigenvalue weighted by molar-refractivity contribution is -0.162. The SMILES string of the molecule is CC(F)(F)C(C)(C)C(=O)N1C=CC=C[C@H]1C1CCCCC1. The Hall–Kier alpha value is -1.19. The molecule has 0 N–H and O–H groups in total. The highest BCUT2D eigenvalue weighted by Gasteiger charge is 2.51. The Morgan fingerprint density at radius 1 is 1.10 bits per heavy atom. The third-order valence-corrected chi connectivity index (χ3v) is 4.99. The summed E-state index contributed by atoms with van der Waals surface area (Å²) < 4.78 is 27.6.